The lowest BCUT2D eigenvalue weighted by atomic mass is 9.94. The third-order valence-electron chi connectivity index (χ3n) is 6.62. The molecule has 4 heterocycles. The van der Waals surface area contributed by atoms with Crippen LogP contribution in [0.3, 0.4) is 0 Å². The van der Waals surface area contributed by atoms with Gasteiger partial charge in [0, 0.05) is 36.3 Å². The number of rotatable bonds is 2. The zero-order chi connectivity index (χ0) is 20.1. The van der Waals surface area contributed by atoms with E-state index in [0.717, 1.165) is 78.8 Å². The van der Waals surface area contributed by atoms with Crippen molar-refractivity contribution in [2.45, 2.75) is 38.0 Å². The van der Waals surface area contributed by atoms with Gasteiger partial charge in [-0.15, -0.1) is 10.2 Å². The van der Waals surface area contributed by atoms with Crippen LogP contribution in [0.2, 0.25) is 0 Å². The molecule has 1 aliphatic carbocycles. The van der Waals surface area contributed by atoms with Crippen molar-refractivity contribution in [1.82, 2.24) is 24.5 Å². The number of benzene rings is 1. The molecule has 6 nitrogen and oxygen atoms in total. The van der Waals surface area contributed by atoms with Gasteiger partial charge in [-0.2, -0.15) is 0 Å². The van der Waals surface area contributed by atoms with E-state index in [4.69, 9.17) is 4.98 Å². The molecule has 1 saturated heterocycles. The highest BCUT2D eigenvalue weighted by atomic mass is 16.2. The number of carbonyl (C=O) groups excluding carboxylic acids is 1. The average Bonchev–Trinajstić information content (AvgIpc) is 3.44. The Bertz CT molecular complexity index is 1270. The lowest BCUT2D eigenvalue weighted by Crippen LogP contribution is -2.38. The van der Waals surface area contributed by atoms with Crippen LogP contribution in [0, 0.1) is 0 Å². The number of fused-ring (bicyclic) bond motifs is 3. The number of nitrogens with zero attached hydrogens (tertiary/aromatic N) is 5. The fourth-order valence-corrected chi connectivity index (χ4v) is 5.09. The second-order valence-electron chi connectivity index (χ2n) is 8.34. The van der Waals surface area contributed by atoms with Gasteiger partial charge in [0.05, 0.1) is 11.1 Å². The standard InChI is InChI=1S/C24H23N5O/c30-24(22-17-6-1-2-8-19(17)25-20-9-5-7-18(20)22)28-14-11-16(12-15-28)23-27-26-21-10-3-4-13-29(21)23/h1-4,6,8,10,13,16H,5,7,9,11-12,14-15H2. The molecule has 0 spiro atoms. The molecule has 0 unspecified atom stereocenters. The van der Waals surface area contributed by atoms with Crippen molar-refractivity contribution in [1.29, 1.82) is 0 Å². The Morgan fingerprint density at radius 3 is 2.70 bits per heavy atom. The second-order valence-corrected chi connectivity index (χ2v) is 8.34. The Labute approximate surface area is 174 Å². The predicted octanol–water partition coefficient (Wildman–Crippen LogP) is 3.79. The van der Waals surface area contributed by atoms with E-state index in [1.54, 1.807) is 0 Å². The molecule has 30 heavy (non-hydrogen) atoms. The van der Waals surface area contributed by atoms with Gasteiger partial charge >= 0.3 is 0 Å². The summed E-state index contributed by atoms with van der Waals surface area (Å²) in [5.74, 6) is 1.50. The van der Waals surface area contributed by atoms with Gasteiger partial charge in [0.25, 0.3) is 5.91 Å². The highest BCUT2D eigenvalue weighted by Gasteiger charge is 2.31. The summed E-state index contributed by atoms with van der Waals surface area (Å²) < 4.78 is 2.07. The summed E-state index contributed by atoms with van der Waals surface area (Å²) >= 11 is 0. The normalized spacial score (nSPS) is 17.0. The highest BCUT2D eigenvalue weighted by Crippen LogP contribution is 2.33. The molecule has 1 aromatic carbocycles. The number of hydrogen-bond acceptors (Lipinski definition) is 4. The number of likely N-dealkylation sites (tertiary alicyclic amines) is 1. The van der Waals surface area contributed by atoms with Crippen LogP contribution in [0.15, 0.2) is 48.7 Å². The zero-order valence-corrected chi connectivity index (χ0v) is 16.8. The van der Waals surface area contributed by atoms with E-state index in [1.165, 1.54) is 5.56 Å². The van der Waals surface area contributed by atoms with Crippen LogP contribution in [0.1, 0.15) is 52.6 Å². The van der Waals surface area contributed by atoms with Crippen molar-refractivity contribution in [3.05, 3.63) is 71.3 Å². The molecular formula is C24H23N5O. The fraction of sp³-hybridized carbons (Fsp3) is 0.333. The maximum atomic E-state index is 13.6. The Hall–Kier alpha value is -3.28. The number of hydrogen-bond donors (Lipinski definition) is 0. The molecular weight excluding hydrogens is 374 g/mol. The first-order valence-electron chi connectivity index (χ1n) is 10.8. The average molecular weight is 397 g/mol. The van der Waals surface area contributed by atoms with E-state index < -0.39 is 0 Å². The van der Waals surface area contributed by atoms with E-state index in [2.05, 4.69) is 14.6 Å². The lowest BCUT2D eigenvalue weighted by Gasteiger charge is -2.32. The molecule has 4 aromatic rings. The maximum absolute atomic E-state index is 13.6. The number of piperidine rings is 1. The molecule has 0 radical (unpaired) electrons. The second kappa shape index (κ2) is 6.90. The highest BCUT2D eigenvalue weighted by molar-refractivity contribution is 6.07. The molecule has 1 fully saturated rings. The fourth-order valence-electron chi connectivity index (χ4n) is 5.09. The topological polar surface area (TPSA) is 63.4 Å². The van der Waals surface area contributed by atoms with E-state index in [0.29, 0.717) is 5.92 Å². The van der Waals surface area contributed by atoms with E-state index >= 15 is 0 Å². The zero-order valence-electron chi connectivity index (χ0n) is 16.8. The summed E-state index contributed by atoms with van der Waals surface area (Å²) in [5.41, 5.74) is 4.99. The Balaban J connectivity index is 1.29. The van der Waals surface area contributed by atoms with Crippen molar-refractivity contribution in [3.63, 3.8) is 0 Å². The largest absolute Gasteiger partial charge is 0.339 e. The van der Waals surface area contributed by atoms with E-state index in [9.17, 15) is 4.79 Å². The molecule has 3 aromatic heterocycles. The lowest BCUT2D eigenvalue weighted by molar-refractivity contribution is 0.0712. The number of aryl methyl sites for hydroxylation is 1. The van der Waals surface area contributed by atoms with Gasteiger partial charge in [-0.1, -0.05) is 24.3 Å². The van der Waals surface area contributed by atoms with Gasteiger partial charge < -0.3 is 4.90 Å². The predicted molar refractivity (Wildman–Crippen MR) is 115 cm³/mol. The van der Waals surface area contributed by atoms with E-state index in [1.807, 2.05) is 53.6 Å². The minimum absolute atomic E-state index is 0.163. The van der Waals surface area contributed by atoms with Crippen LogP contribution < -0.4 is 0 Å². The number of aromatic nitrogens is 4. The third kappa shape index (κ3) is 2.70. The van der Waals surface area contributed by atoms with Crippen LogP contribution in [-0.4, -0.2) is 43.5 Å². The molecule has 0 bridgehead atoms. The van der Waals surface area contributed by atoms with Crippen molar-refractivity contribution >= 4 is 22.5 Å². The molecule has 0 N–H and O–H groups in total. The summed E-state index contributed by atoms with van der Waals surface area (Å²) in [4.78, 5) is 20.5. The van der Waals surface area contributed by atoms with Crippen LogP contribution in [0.5, 0.6) is 0 Å². The first-order chi connectivity index (χ1) is 14.8. The molecule has 6 heteroatoms. The maximum Gasteiger partial charge on any atom is 0.254 e. The van der Waals surface area contributed by atoms with Gasteiger partial charge in [0.2, 0.25) is 0 Å². The van der Waals surface area contributed by atoms with Gasteiger partial charge in [0.15, 0.2) is 5.65 Å². The number of pyridine rings is 2. The Morgan fingerprint density at radius 2 is 1.80 bits per heavy atom. The summed E-state index contributed by atoms with van der Waals surface area (Å²) in [6.45, 7) is 1.49. The molecule has 6 rings (SSSR count). The monoisotopic (exact) mass is 397 g/mol. The quantitative estimate of drug-likeness (QED) is 0.516. The number of para-hydroxylation sites is 1. The third-order valence-corrected chi connectivity index (χ3v) is 6.62. The van der Waals surface area contributed by atoms with Crippen LogP contribution in [0.4, 0.5) is 0 Å². The van der Waals surface area contributed by atoms with Crippen LogP contribution in [0.25, 0.3) is 16.6 Å². The SMILES string of the molecule is O=C(c1c2c(nc3ccccc13)CCC2)N1CCC(c2nnc3ccccn23)CC1. The molecule has 1 amide bonds. The number of carbonyl (C=O) groups is 1. The van der Waals surface area contributed by atoms with Crippen LogP contribution >= 0.6 is 0 Å². The van der Waals surface area contributed by atoms with Gasteiger partial charge in [-0.25, -0.2) is 0 Å². The summed E-state index contributed by atoms with van der Waals surface area (Å²) in [7, 11) is 0. The first-order valence-corrected chi connectivity index (χ1v) is 10.8. The molecule has 1 aliphatic heterocycles. The molecule has 150 valence electrons. The molecule has 0 saturated carbocycles. The summed E-state index contributed by atoms with van der Waals surface area (Å²) in [6.07, 6.45) is 6.85. The van der Waals surface area contributed by atoms with Crippen molar-refractivity contribution in [2.24, 2.45) is 0 Å². The molecule has 0 atom stereocenters. The van der Waals surface area contributed by atoms with E-state index in [-0.39, 0.29) is 5.91 Å². The molecule has 2 aliphatic rings. The summed E-state index contributed by atoms with van der Waals surface area (Å²) in [6, 6.07) is 14.0. The van der Waals surface area contributed by atoms with Crippen molar-refractivity contribution in [3.8, 4) is 0 Å². The van der Waals surface area contributed by atoms with Gasteiger partial charge in [-0.05, 0) is 55.9 Å². The Morgan fingerprint density at radius 1 is 0.967 bits per heavy atom. The Kier molecular flexibility index (Phi) is 4.04. The van der Waals surface area contributed by atoms with Crippen molar-refractivity contribution in [2.75, 3.05) is 13.1 Å². The minimum Gasteiger partial charge on any atom is -0.339 e. The smallest absolute Gasteiger partial charge is 0.254 e. The van der Waals surface area contributed by atoms with Gasteiger partial charge in [0.1, 0.15) is 5.82 Å². The number of amides is 1. The van der Waals surface area contributed by atoms with Crippen LogP contribution in [-0.2, 0) is 12.8 Å². The van der Waals surface area contributed by atoms with Crippen molar-refractivity contribution < 1.29 is 4.79 Å². The summed E-state index contributed by atoms with van der Waals surface area (Å²) in [5, 5.41) is 9.73. The van der Waals surface area contributed by atoms with Gasteiger partial charge in [-0.3, -0.25) is 14.2 Å². The minimum atomic E-state index is 0.163. The first kappa shape index (κ1) is 17.6.